The summed E-state index contributed by atoms with van der Waals surface area (Å²) in [5.41, 5.74) is -0.412. The molecule has 1 aromatic heterocycles. The molecule has 1 aliphatic rings. The largest absolute Gasteiger partial charge is 1.00 e. The van der Waals surface area contributed by atoms with E-state index in [2.05, 4.69) is 4.98 Å². The van der Waals surface area contributed by atoms with Gasteiger partial charge >= 0.3 is 96.4 Å². The maximum Gasteiger partial charge on any atom is 1.00 e. The molecule has 2 aromatic rings. The predicted molar refractivity (Wildman–Crippen MR) is 98.5 cm³/mol. The third-order valence-corrected chi connectivity index (χ3v) is 6.92. The molecular formula is C16H19N4Na3O10P2. The van der Waals surface area contributed by atoms with Gasteiger partial charge in [0.25, 0.3) is 0 Å². The second-order valence-corrected chi connectivity index (χ2v) is 10.0. The molecule has 176 valence electrons. The van der Waals surface area contributed by atoms with Crippen molar-refractivity contribution in [3.05, 3.63) is 53.6 Å². The Labute approximate surface area is 266 Å². The number of ether oxygens (including phenoxy) is 1. The van der Waals surface area contributed by atoms with Gasteiger partial charge in [0.2, 0.25) is 0 Å². The van der Waals surface area contributed by atoms with E-state index in [1.54, 1.807) is 11.2 Å². The van der Waals surface area contributed by atoms with Crippen LogP contribution in [0, 0.1) is 5.41 Å². The summed E-state index contributed by atoms with van der Waals surface area (Å²) in [4.78, 5) is 48.2. The summed E-state index contributed by atoms with van der Waals surface area (Å²) in [7, 11) is -10.3. The molecule has 1 unspecified atom stereocenters. The molecule has 14 nitrogen and oxygen atoms in total. The van der Waals surface area contributed by atoms with Crippen molar-refractivity contribution >= 4 is 15.7 Å². The number of nitrogens with zero attached hydrogens (tertiary/aromatic N) is 2. The van der Waals surface area contributed by atoms with Crippen molar-refractivity contribution in [2.45, 2.75) is 30.3 Å². The quantitative estimate of drug-likeness (QED) is 0.150. The Morgan fingerprint density at radius 1 is 1.17 bits per heavy atom. The second-order valence-electron chi connectivity index (χ2n) is 6.85. The monoisotopic (exact) mass is 558 g/mol. The summed E-state index contributed by atoms with van der Waals surface area (Å²) in [6, 6.07) is 7.14. The number of rotatable bonds is 8. The van der Waals surface area contributed by atoms with Gasteiger partial charge in [-0.2, -0.15) is 5.09 Å². The number of aliphatic hydroxyl groups excluding tert-OH is 2. The fraction of sp³-hybridized carbons (Fsp3) is 0.375. The Kier molecular flexibility index (Phi) is 15.6. The fourth-order valence-electron chi connectivity index (χ4n) is 3.03. The normalized spacial score (nSPS) is 24.3. The number of aliphatic hydroxyl groups is 2. The maximum atomic E-state index is 12.4. The first-order chi connectivity index (χ1) is 14.9. The van der Waals surface area contributed by atoms with Crippen LogP contribution in [-0.2, 0) is 13.8 Å². The van der Waals surface area contributed by atoms with Crippen LogP contribution >= 0.6 is 15.7 Å². The number of hydrogen-bond donors (Lipinski definition) is 5. The molecule has 5 N–H and O–H groups in total. The van der Waals surface area contributed by atoms with Crippen LogP contribution in [0.5, 0.6) is 6.01 Å². The zero-order valence-electron chi connectivity index (χ0n) is 19.1. The first-order valence-electron chi connectivity index (χ1n) is 9.03. The minimum atomic E-state index is -5.43. The molecule has 6 atom stereocenters. The summed E-state index contributed by atoms with van der Waals surface area (Å²) in [5.74, 6) is -2.07. The molecule has 0 amide bonds. The van der Waals surface area contributed by atoms with Crippen molar-refractivity contribution < 1.29 is 137 Å². The molecule has 19 heteroatoms. The van der Waals surface area contributed by atoms with Crippen LogP contribution in [0.15, 0.2) is 42.6 Å². The number of benzene rings is 1. The molecule has 1 fully saturated rings. The van der Waals surface area contributed by atoms with Crippen LogP contribution in [0.4, 0.5) is 0 Å². The van der Waals surface area contributed by atoms with Gasteiger partial charge in [-0.3, -0.25) is 9.93 Å². The fourth-order valence-corrected chi connectivity index (χ4v) is 5.45. The minimum Gasteiger partial charge on any atom is -0.846 e. The smallest absolute Gasteiger partial charge is 0.846 e. The van der Waals surface area contributed by atoms with Crippen LogP contribution in [0.3, 0.4) is 0 Å². The summed E-state index contributed by atoms with van der Waals surface area (Å²) in [6.45, 7) is -0.808. The molecule has 0 saturated carbocycles. The van der Waals surface area contributed by atoms with Gasteiger partial charge in [0, 0.05) is 11.8 Å². The molecule has 0 radical (unpaired) electrons. The van der Waals surface area contributed by atoms with Gasteiger partial charge < -0.3 is 44.2 Å². The summed E-state index contributed by atoms with van der Waals surface area (Å²) >= 11 is 0. The van der Waals surface area contributed by atoms with E-state index in [0.29, 0.717) is 0 Å². The predicted octanol–water partition coefficient (Wildman–Crippen LogP) is -12.7. The number of hydrogen-bond acceptors (Lipinski definition) is 11. The van der Waals surface area contributed by atoms with E-state index in [9.17, 15) is 39.5 Å². The molecule has 0 aliphatic carbocycles. The first-order valence-corrected chi connectivity index (χ1v) is 12.2. The Hall–Kier alpha value is 1.20. The van der Waals surface area contributed by atoms with Crippen molar-refractivity contribution in [2.75, 3.05) is 6.61 Å². The molecule has 1 saturated heterocycles. The van der Waals surface area contributed by atoms with Crippen molar-refractivity contribution in [3.63, 3.8) is 0 Å². The van der Waals surface area contributed by atoms with Crippen LogP contribution in [0.1, 0.15) is 17.6 Å². The van der Waals surface area contributed by atoms with E-state index in [1.807, 2.05) is 0 Å². The Morgan fingerprint density at radius 3 is 2.31 bits per heavy atom. The summed E-state index contributed by atoms with van der Waals surface area (Å²) < 4.78 is 23.3. The van der Waals surface area contributed by atoms with Crippen molar-refractivity contribution in [1.29, 1.82) is 5.41 Å². The zero-order chi connectivity index (χ0) is 23.7. The molecule has 0 bridgehead atoms. The Morgan fingerprint density at radius 2 is 1.77 bits per heavy atom. The van der Waals surface area contributed by atoms with Crippen molar-refractivity contribution in [2.24, 2.45) is 0 Å². The molecular weight excluding hydrogens is 539 g/mol. The maximum absolute atomic E-state index is 12.4. The van der Waals surface area contributed by atoms with E-state index in [-0.39, 0.29) is 99.7 Å². The van der Waals surface area contributed by atoms with E-state index >= 15 is 0 Å². The third-order valence-electron chi connectivity index (χ3n) is 4.57. The van der Waals surface area contributed by atoms with Crippen molar-refractivity contribution in [1.82, 2.24) is 14.6 Å². The Bertz CT molecular complexity index is 1050. The standard InChI is InChI=1S/C16H22N4O10P2.3Na/c17-11-6-7-20(16(23)18-11)15-13(22)12(21)10(30-15)8-29-32(27,28)19-14(31(24,25)26)9-4-2-1-3-5-9;;;/h1-7,10,12-15,21-22H,8H2,(H2,17,18,23)(H2,19,27,28)(H2,24,25,26);;;/q;3*+1/p-3/t10-,12-,13-,14-,15-;;;/m1.../s1. The number of nitrogens with one attached hydrogen (secondary N) is 2. The van der Waals surface area contributed by atoms with Gasteiger partial charge in [-0.15, -0.1) is 7.94 Å². The van der Waals surface area contributed by atoms with Crippen LogP contribution in [0.2, 0.25) is 0 Å². The zero-order valence-corrected chi connectivity index (χ0v) is 26.9. The third kappa shape index (κ3) is 9.71. The minimum absolute atomic E-state index is 0. The second kappa shape index (κ2) is 15.1. The average molecular weight is 558 g/mol. The van der Waals surface area contributed by atoms with Crippen LogP contribution in [-0.4, -0.2) is 49.6 Å². The van der Waals surface area contributed by atoms with E-state index in [1.165, 1.54) is 24.3 Å². The molecule has 35 heavy (non-hydrogen) atoms. The number of aromatic nitrogens is 2. The van der Waals surface area contributed by atoms with Gasteiger partial charge in [-0.1, -0.05) is 30.3 Å². The topological polar surface area (TPSA) is 242 Å². The van der Waals surface area contributed by atoms with Crippen molar-refractivity contribution in [3.8, 4) is 6.01 Å². The summed E-state index contributed by atoms with van der Waals surface area (Å²) in [6.07, 6.45) is -5.01. The van der Waals surface area contributed by atoms with Gasteiger partial charge in [0.1, 0.15) is 29.6 Å². The Balaban J connectivity index is 0.00000385. The average Bonchev–Trinajstić information content (AvgIpc) is 2.99. The molecule has 1 aromatic carbocycles. The van der Waals surface area contributed by atoms with Gasteiger partial charge in [0.05, 0.1) is 12.6 Å². The molecule has 0 spiro atoms. The molecule has 2 heterocycles. The molecule has 3 rings (SSSR count). The summed E-state index contributed by atoms with van der Waals surface area (Å²) in [5, 5.41) is 41.3. The van der Waals surface area contributed by atoms with Gasteiger partial charge in [0.15, 0.2) is 6.23 Å². The van der Waals surface area contributed by atoms with E-state index in [4.69, 9.17) is 14.7 Å². The SMILES string of the molecule is N=c1ccn([C@@H]2O[C@H](COP(=O)(O)N[C@@H](c3ccccc3)[P+]([O-])([O-])[O-])[C@@H](O)[C@H]2O)c([O-])n1.[Na+].[Na+].[Na+]. The van der Waals surface area contributed by atoms with E-state index < -0.39 is 58.6 Å². The van der Waals surface area contributed by atoms with Gasteiger partial charge in [-0.05, 0) is 6.07 Å². The van der Waals surface area contributed by atoms with E-state index in [0.717, 1.165) is 16.8 Å². The van der Waals surface area contributed by atoms with Gasteiger partial charge in [-0.25, -0.2) is 9.55 Å². The van der Waals surface area contributed by atoms with Crippen LogP contribution in [0.25, 0.3) is 0 Å². The molecule has 1 aliphatic heterocycles. The van der Waals surface area contributed by atoms with Crippen LogP contribution < -0.4 is 119 Å². The first kappa shape index (κ1) is 36.2.